The van der Waals surface area contributed by atoms with E-state index in [0.29, 0.717) is 53.6 Å². The Labute approximate surface area is 214 Å². The molecule has 2 aliphatic carbocycles. The van der Waals surface area contributed by atoms with E-state index in [1.807, 2.05) is 12.1 Å². The van der Waals surface area contributed by atoms with Crippen molar-refractivity contribution < 1.29 is 19.4 Å². The lowest BCUT2D eigenvalue weighted by molar-refractivity contribution is -0.143. The summed E-state index contributed by atoms with van der Waals surface area (Å²) < 4.78 is 5.99. The lowest BCUT2D eigenvalue weighted by atomic mass is 9.87. The zero-order chi connectivity index (χ0) is 25.2. The third kappa shape index (κ3) is 5.38. The number of carboxylic acids is 1. The first-order valence-electron chi connectivity index (χ1n) is 12.4. The second-order valence-corrected chi connectivity index (χ2v) is 10.0. The molecule has 188 valence electrons. The molecule has 1 aromatic carbocycles. The minimum atomic E-state index is -0.734. The van der Waals surface area contributed by atoms with Crippen LogP contribution in [0.5, 0.6) is 6.01 Å². The second-order valence-electron chi connectivity index (χ2n) is 9.64. The number of amides is 1. The molecule has 9 heteroatoms. The first kappa shape index (κ1) is 24.3. The number of nitrogens with one attached hydrogen (secondary N) is 2. The van der Waals surface area contributed by atoms with Gasteiger partial charge in [0.05, 0.1) is 22.2 Å². The number of aromatic nitrogens is 3. The number of halogens is 1. The van der Waals surface area contributed by atoms with Crippen LogP contribution in [0.2, 0.25) is 5.02 Å². The monoisotopic (exact) mass is 508 g/mol. The van der Waals surface area contributed by atoms with Crippen LogP contribution in [0.1, 0.15) is 57.4 Å². The van der Waals surface area contributed by atoms with Gasteiger partial charge in [0.1, 0.15) is 6.10 Å². The highest BCUT2D eigenvalue weighted by Gasteiger charge is 2.27. The van der Waals surface area contributed by atoms with Crippen LogP contribution in [-0.4, -0.2) is 44.1 Å². The maximum atomic E-state index is 11.3. The highest BCUT2D eigenvalue weighted by atomic mass is 35.5. The van der Waals surface area contributed by atoms with Gasteiger partial charge in [-0.05, 0) is 62.1 Å². The quantitative estimate of drug-likeness (QED) is 0.412. The summed E-state index contributed by atoms with van der Waals surface area (Å²) >= 11 is 6.58. The number of ether oxygens (including phenoxy) is 1. The Bertz CT molecular complexity index is 1310. The van der Waals surface area contributed by atoms with Crippen molar-refractivity contribution in [3.63, 3.8) is 0 Å². The Kier molecular flexibility index (Phi) is 6.96. The number of carbonyl (C=O) groups excluding carboxylic acids is 1. The van der Waals surface area contributed by atoms with Crippen molar-refractivity contribution in [2.24, 2.45) is 5.92 Å². The molecule has 1 fully saturated rings. The van der Waals surface area contributed by atoms with Crippen molar-refractivity contribution >= 4 is 40.2 Å². The minimum absolute atomic E-state index is 0.0148. The number of imidazole rings is 1. The Morgan fingerprint density at radius 1 is 1.08 bits per heavy atom. The number of fused-ring (bicyclic) bond motifs is 1. The van der Waals surface area contributed by atoms with Crippen molar-refractivity contribution in [1.29, 1.82) is 0 Å². The van der Waals surface area contributed by atoms with Gasteiger partial charge in [0, 0.05) is 18.5 Å². The lowest BCUT2D eigenvalue weighted by Gasteiger charge is -2.25. The molecule has 0 saturated heterocycles. The summed E-state index contributed by atoms with van der Waals surface area (Å²) in [5.74, 6) is -1.01. The highest BCUT2D eigenvalue weighted by molar-refractivity contribution is 6.33. The van der Waals surface area contributed by atoms with Crippen LogP contribution in [0.4, 0.5) is 0 Å². The van der Waals surface area contributed by atoms with Gasteiger partial charge in [0.25, 0.3) is 6.01 Å². The highest BCUT2D eigenvalue weighted by Crippen LogP contribution is 2.33. The fourth-order valence-corrected chi connectivity index (χ4v) is 5.36. The molecule has 2 heterocycles. The fourth-order valence-electron chi connectivity index (χ4n) is 5.10. The minimum Gasteiger partial charge on any atom is -0.481 e. The number of hydrogen-bond acceptors (Lipinski definition) is 5. The average molecular weight is 509 g/mol. The number of aromatic amines is 1. The molecule has 3 N–H and O–H groups in total. The first-order chi connectivity index (χ1) is 17.4. The molecule has 1 atom stereocenters. The number of benzene rings is 1. The van der Waals surface area contributed by atoms with Gasteiger partial charge in [0.2, 0.25) is 5.91 Å². The van der Waals surface area contributed by atoms with Crippen molar-refractivity contribution in [3.05, 3.63) is 47.0 Å². The lowest BCUT2D eigenvalue weighted by Crippen LogP contribution is -2.33. The standard InChI is InChI=1S/C27H29ClN4O4/c1-15(33)29-20-10-6-17(7-11-20)16-2-4-18(5-3-16)24-22(28)14-23-25(31-24)32-27(30-23)36-21-12-8-19(9-13-21)26(34)35/h2-6,14,19-21H,7-13H2,1H3,(H,29,33)(H,34,35)(H,30,31,32)/t19-,20?,21-. The SMILES string of the molecule is CC(=O)NC1CC=C(c2ccc(-c3nc4nc(O[C@H]5CC[C@H](C(=O)O)CC5)[nH]c4cc3Cl)cc2)CC1. The number of aliphatic carboxylic acids is 1. The van der Waals surface area contributed by atoms with E-state index in [4.69, 9.17) is 16.3 Å². The Morgan fingerprint density at radius 3 is 2.44 bits per heavy atom. The molecular weight excluding hydrogens is 480 g/mol. The number of allylic oxidation sites excluding steroid dienone is 1. The van der Waals surface area contributed by atoms with Gasteiger partial charge in [-0.25, -0.2) is 4.98 Å². The van der Waals surface area contributed by atoms with E-state index in [1.165, 1.54) is 5.57 Å². The van der Waals surface area contributed by atoms with Gasteiger partial charge >= 0.3 is 5.97 Å². The molecule has 1 unspecified atom stereocenters. The largest absolute Gasteiger partial charge is 0.481 e. The van der Waals surface area contributed by atoms with Crippen LogP contribution >= 0.6 is 11.6 Å². The van der Waals surface area contributed by atoms with Crippen LogP contribution in [0.15, 0.2) is 36.4 Å². The van der Waals surface area contributed by atoms with Gasteiger partial charge in [-0.2, -0.15) is 4.98 Å². The van der Waals surface area contributed by atoms with Crippen molar-refractivity contribution in [1.82, 2.24) is 20.3 Å². The van der Waals surface area contributed by atoms with Crippen LogP contribution in [0.3, 0.4) is 0 Å². The number of hydrogen-bond donors (Lipinski definition) is 3. The third-order valence-electron chi connectivity index (χ3n) is 7.05. The molecule has 1 amide bonds. The maximum absolute atomic E-state index is 11.3. The smallest absolute Gasteiger partial charge is 0.306 e. The van der Waals surface area contributed by atoms with E-state index in [9.17, 15) is 14.7 Å². The summed E-state index contributed by atoms with van der Waals surface area (Å²) in [6.07, 6.45) is 7.42. The summed E-state index contributed by atoms with van der Waals surface area (Å²) in [7, 11) is 0. The number of carbonyl (C=O) groups is 2. The topological polar surface area (TPSA) is 117 Å². The number of pyridine rings is 1. The van der Waals surface area contributed by atoms with Crippen molar-refractivity contribution in [3.8, 4) is 17.3 Å². The predicted octanol–water partition coefficient (Wildman–Crippen LogP) is 5.37. The number of nitrogens with zero attached hydrogens (tertiary/aromatic N) is 2. The van der Waals surface area contributed by atoms with Gasteiger partial charge in [0.15, 0.2) is 5.65 Å². The van der Waals surface area contributed by atoms with Crippen LogP contribution in [0, 0.1) is 5.92 Å². The van der Waals surface area contributed by atoms with E-state index in [-0.39, 0.29) is 24.0 Å². The van der Waals surface area contributed by atoms with E-state index in [0.717, 1.165) is 30.4 Å². The number of carboxylic acid groups (broad SMARTS) is 1. The molecule has 0 spiro atoms. The van der Waals surface area contributed by atoms with Gasteiger partial charge in [-0.1, -0.05) is 41.9 Å². The third-order valence-corrected chi connectivity index (χ3v) is 7.34. The van der Waals surface area contributed by atoms with Gasteiger partial charge in [-0.3, -0.25) is 9.59 Å². The van der Waals surface area contributed by atoms with E-state index in [1.54, 1.807) is 13.0 Å². The van der Waals surface area contributed by atoms with E-state index in [2.05, 4.69) is 38.5 Å². The molecule has 0 bridgehead atoms. The van der Waals surface area contributed by atoms with E-state index < -0.39 is 5.97 Å². The summed E-state index contributed by atoms with van der Waals surface area (Å²) in [5.41, 5.74) is 5.20. The van der Waals surface area contributed by atoms with Crippen molar-refractivity contribution in [2.45, 2.75) is 64.0 Å². The zero-order valence-electron chi connectivity index (χ0n) is 20.1. The van der Waals surface area contributed by atoms with Crippen molar-refractivity contribution in [2.75, 3.05) is 0 Å². The number of H-pyrrole nitrogens is 1. The Balaban J connectivity index is 1.28. The van der Waals surface area contributed by atoms with E-state index >= 15 is 0 Å². The summed E-state index contributed by atoms with van der Waals surface area (Å²) in [5, 5.41) is 12.7. The Morgan fingerprint density at radius 2 is 1.81 bits per heavy atom. The molecule has 0 aliphatic heterocycles. The normalized spacial score (nSPS) is 22.2. The Hall–Kier alpha value is -3.39. The predicted molar refractivity (Wildman–Crippen MR) is 138 cm³/mol. The molecule has 2 aliphatic rings. The van der Waals surface area contributed by atoms with Gasteiger partial charge in [-0.15, -0.1) is 0 Å². The summed E-state index contributed by atoms with van der Waals surface area (Å²) in [6, 6.07) is 10.6. The summed E-state index contributed by atoms with van der Waals surface area (Å²) in [6.45, 7) is 1.56. The molecular formula is C27H29ClN4O4. The maximum Gasteiger partial charge on any atom is 0.306 e. The average Bonchev–Trinajstić information content (AvgIpc) is 3.25. The first-order valence-corrected chi connectivity index (χ1v) is 12.8. The molecule has 1 saturated carbocycles. The van der Waals surface area contributed by atoms with Gasteiger partial charge < -0.3 is 20.1 Å². The fraction of sp³-hybridized carbons (Fsp3) is 0.407. The van der Waals surface area contributed by atoms with Crippen LogP contribution in [0.25, 0.3) is 28.0 Å². The summed E-state index contributed by atoms with van der Waals surface area (Å²) in [4.78, 5) is 34.8. The molecule has 3 aromatic rings. The number of rotatable bonds is 6. The zero-order valence-corrected chi connectivity index (χ0v) is 20.8. The second kappa shape index (κ2) is 10.3. The molecule has 8 nitrogen and oxygen atoms in total. The van der Waals surface area contributed by atoms with Crippen LogP contribution < -0.4 is 10.1 Å². The molecule has 5 rings (SSSR count). The molecule has 36 heavy (non-hydrogen) atoms. The molecule has 2 aromatic heterocycles. The molecule has 0 radical (unpaired) electrons. The van der Waals surface area contributed by atoms with Crippen LogP contribution in [-0.2, 0) is 9.59 Å².